The van der Waals surface area contributed by atoms with E-state index >= 15 is 0 Å². The predicted octanol–water partition coefficient (Wildman–Crippen LogP) is 3.37. The van der Waals surface area contributed by atoms with Gasteiger partial charge in [0, 0.05) is 5.56 Å². The van der Waals surface area contributed by atoms with Crippen LogP contribution in [0.2, 0.25) is 0 Å². The quantitative estimate of drug-likeness (QED) is 0.732. The summed E-state index contributed by atoms with van der Waals surface area (Å²) in [6.07, 6.45) is 1.17. The van der Waals surface area contributed by atoms with Crippen LogP contribution >= 0.6 is 0 Å². The standard InChI is InChI=1S/C19H26F3N3O3/c1-3-15(11-26)23-17(27)16-10-13(18(28-2)25-24-16)7-4-12-5-8-14(9-6-12)19(20,21)22/h4,7,10,12,14-15,26H,3,5-6,8-9,11H2,1-2H3,(H,23,27). The number of aliphatic hydroxyl groups is 1. The Labute approximate surface area is 162 Å². The van der Waals surface area contributed by atoms with E-state index in [0.29, 0.717) is 24.8 Å². The molecule has 9 heteroatoms. The fourth-order valence-electron chi connectivity index (χ4n) is 3.20. The summed E-state index contributed by atoms with van der Waals surface area (Å²) >= 11 is 0. The first-order chi connectivity index (χ1) is 13.3. The molecule has 0 saturated heterocycles. The summed E-state index contributed by atoms with van der Waals surface area (Å²) in [4.78, 5) is 12.3. The largest absolute Gasteiger partial charge is 0.479 e. The number of alkyl halides is 3. The molecule has 1 aliphatic rings. The lowest BCUT2D eigenvalue weighted by Gasteiger charge is -2.28. The van der Waals surface area contributed by atoms with Crippen LogP contribution in [0.3, 0.4) is 0 Å². The number of amides is 1. The van der Waals surface area contributed by atoms with Gasteiger partial charge in [-0.25, -0.2) is 0 Å². The molecule has 1 fully saturated rings. The Hall–Kier alpha value is -2.16. The molecule has 1 atom stereocenters. The molecule has 2 N–H and O–H groups in total. The van der Waals surface area contributed by atoms with Crippen molar-refractivity contribution in [2.24, 2.45) is 11.8 Å². The number of carbonyl (C=O) groups is 1. The van der Waals surface area contributed by atoms with Crippen molar-refractivity contribution in [2.45, 2.75) is 51.2 Å². The molecule has 1 aliphatic carbocycles. The lowest BCUT2D eigenvalue weighted by atomic mass is 9.81. The molecule has 0 bridgehead atoms. The van der Waals surface area contributed by atoms with Crippen LogP contribution in [0.4, 0.5) is 13.2 Å². The zero-order valence-corrected chi connectivity index (χ0v) is 16.0. The number of rotatable bonds is 7. The first-order valence-corrected chi connectivity index (χ1v) is 9.36. The molecule has 1 amide bonds. The zero-order valence-electron chi connectivity index (χ0n) is 16.0. The number of carbonyl (C=O) groups excluding carboxylic acids is 1. The topological polar surface area (TPSA) is 84.3 Å². The van der Waals surface area contributed by atoms with E-state index in [0.717, 1.165) is 0 Å². The van der Waals surface area contributed by atoms with Crippen molar-refractivity contribution in [2.75, 3.05) is 13.7 Å². The summed E-state index contributed by atoms with van der Waals surface area (Å²) in [6.45, 7) is 1.65. The second-order valence-corrected chi connectivity index (χ2v) is 6.97. The molecule has 0 aromatic carbocycles. The third-order valence-corrected chi connectivity index (χ3v) is 5.04. The van der Waals surface area contributed by atoms with Gasteiger partial charge in [0.25, 0.3) is 5.91 Å². The Bertz CT molecular complexity index is 683. The number of aromatic nitrogens is 2. The van der Waals surface area contributed by atoms with Gasteiger partial charge in [-0.05, 0) is 44.1 Å². The Morgan fingerprint density at radius 1 is 1.36 bits per heavy atom. The lowest BCUT2D eigenvalue weighted by molar-refractivity contribution is -0.183. The number of hydrogen-bond donors (Lipinski definition) is 2. The Kier molecular flexibility index (Phi) is 7.79. The van der Waals surface area contributed by atoms with Crippen LogP contribution < -0.4 is 10.1 Å². The van der Waals surface area contributed by atoms with Gasteiger partial charge in [-0.1, -0.05) is 19.1 Å². The van der Waals surface area contributed by atoms with E-state index in [-0.39, 0.29) is 43.0 Å². The second-order valence-electron chi connectivity index (χ2n) is 6.97. The van der Waals surface area contributed by atoms with Crippen molar-refractivity contribution >= 4 is 12.0 Å². The van der Waals surface area contributed by atoms with Crippen molar-refractivity contribution in [1.82, 2.24) is 15.5 Å². The Morgan fingerprint density at radius 3 is 2.57 bits per heavy atom. The van der Waals surface area contributed by atoms with Gasteiger partial charge in [-0.3, -0.25) is 4.79 Å². The van der Waals surface area contributed by atoms with Crippen LogP contribution in [0.5, 0.6) is 5.88 Å². The molecule has 1 unspecified atom stereocenters. The number of ether oxygens (including phenoxy) is 1. The van der Waals surface area contributed by atoms with Gasteiger partial charge in [0.15, 0.2) is 5.69 Å². The Balaban J connectivity index is 2.08. The van der Waals surface area contributed by atoms with Gasteiger partial charge in [0.05, 0.1) is 25.7 Å². The number of halogens is 3. The minimum Gasteiger partial charge on any atom is -0.479 e. The molecule has 1 saturated carbocycles. The van der Waals surface area contributed by atoms with E-state index in [2.05, 4.69) is 15.5 Å². The molecule has 1 heterocycles. The van der Waals surface area contributed by atoms with E-state index < -0.39 is 18.0 Å². The minimum atomic E-state index is -4.12. The second kappa shape index (κ2) is 9.86. The average Bonchev–Trinajstić information content (AvgIpc) is 2.69. The van der Waals surface area contributed by atoms with Gasteiger partial charge in [0.1, 0.15) is 0 Å². The van der Waals surface area contributed by atoms with Gasteiger partial charge < -0.3 is 15.2 Å². The molecule has 0 aliphatic heterocycles. The summed E-state index contributed by atoms with van der Waals surface area (Å²) in [5.74, 6) is -1.42. The summed E-state index contributed by atoms with van der Waals surface area (Å²) < 4.78 is 43.5. The first-order valence-electron chi connectivity index (χ1n) is 9.36. The number of nitrogens with one attached hydrogen (secondary N) is 1. The summed E-state index contributed by atoms with van der Waals surface area (Å²) in [5, 5.41) is 19.6. The molecule has 1 aromatic rings. The molecular formula is C19H26F3N3O3. The van der Waals surface area contributed by atoms with Crippen molar-refractivity contribution in [3.05, 3.63) is 23.4 Å². The van der Waals surface area contributed by atoms with Crippen LogP contribution in [0.15, 0.2) is 12.1 Å². The molecular weight excluding hydrogens is 375 g/mol. The maximum absolute atomic E-state index is 12.8. The molecule has 0 spiro atoms. The highest BCUT2D eigenvalue weighted by molar-refractivity contribution is 5.93. The molecule has 28 heavy (non-hydrogen) atoms. The van der Waals surface area contributed by atoms with Gasteiger partial charge in [0.2, 0.25) is 5.88 Å². The summed E-state index contributed by atoms with van der Waals surface area (Å²) in [6, 6.07) is 1.14. The van der Waals surface area contributed by atoms with Crippen LogP contribution in [0, 0.1) is 11.8 Å². The monoisotopic (exact) mass is 401 g/mol. The molecule has 0 radical (unpaired) electrons. The van der Waals surface area contributed by atoms with E-state index in [9.17, 15) is 23.1 Å². The molecule has 1 aromatic heterocycles. The van der Waals surface area contributed by atoms with E-state index in [1.807, 2.05) is 13.0 Å². The number of methoxy groups -OCH3 is 1. The van der Waals surface area contributed by atoms with E-state index in [4.69, 9.17) is 4.74 Å². The minimum absolute atomic E-state index is 0.0348. The molecule has 156 valence electrons. The number of nitrogens with zero attached hydrogens (tertiary/aromatic N) is 2. The van der Waals surface area contributed by atoms with E-state index in [1.54, 1.807) is 6.08 Å². The van der Waals surface area contributed by atoms with Crippen LogP contribution in [0.25, 0.3) is 6.08 Å². The highest BCUT2D eigenvalue weighted by Gasteiger charge is 2.40. The normalized spacial score (nSPS) is 21.5. The third kappa shape index (κ3) is 5.92. The van der Waals surface area contributed by atoms with Crippen molar-refractivity contribution in [3.63, 3.8) is 0 Å². The summed E-state index contributed by atoms with van der Waals surface area (Å²) in [5.41, 5.74) is 0.603. The van der Waals surface area contributed by atoms with Crippen LogP contribution in [-0.2, 0) is 0 Å². The first kappa shape index (κ1) is 22.1. The number of allylic oxidation sites excluding steroid dienone is 1. The SMILES string of the molecule is CCC(CO)NC(=O)c1cc(C=CC2CCC(C(F)(F)F)CC2)c(OC)nn1. The Morgan fingerprint density at radius 2 is 2.04 bits per heavy atom. The predicted molar refractivity (Wildman–Crippen MR) is 97.8 cm³/mol. The zero-order chi connectivity index (χ0) is 20.7. The summed E-state index contributed by atoms with van der Waals surface area (Å²) in [7, 11) is 1.43. The van der Waals surface area contributed by atoms with Gasteiger partial charge in [-0.2, -0.15) is 13.2 Å². The van der Waals surface area contributed by atoms with Crippen molar-refractivity contribution in [3.8, 4) is 5.88 Å². The van der Waals surface area contributed by atoms with Crippen molar-refractivity contribution in [1.29, 1.82) is 0 Å². The highest BCUT2D eigenvalue weighted by atomic mass is 19.4. The van der Waals surface area contributed by atoms with Crippen molar-refractivity contribution < 1.29 is 27.8 Å². The highest BCUT2D eigenvalue weighted by Crippen LogP contribution is 2.40. The molecule has 6 nitrogen and oxygen atoms in total. The number of hydrogen-bond acceptors (Lipinski definition) is 5. The number of aliphatic hydroxyl groups excluding tert-OH is 1. The lowest BCUT2D eigenvalue weighted by Crippen LogP contribution is -2.37. The third-order valence-electron chi connectivity index (χ3n) is 5.04. The van der Waals surface area contributed by atoms with Gasteiger partial charge >= 0.3 is 6.18 Å². The maximum Gasteiger partial charge on any atom is 0.391 e. The fourth-order valence-corrected chi connectivity index (χ4v) is 3.20. The van der Waals surface area contributed by atoms with Crippen LogP contribution in [-0.4, -0.2) is 47.1 Å². The van der Waals surface area contributed by atoms with Gasteiger partial charge in [-0.15, -0.1) is 10.2 Å². The van der Waals surface area contributed by atoms with E-state index in [1.165, 1.54) is 13.2 Å². The average molecular weight is 401 g/mol. The smallest absolute Gasteiger partial charge is 0.391 e. The fraction of sp³-hybridized carbons (Fsp3) is 0.632. The van der Waals surface area contributed by atoms with Crippen LogP contribution in [0.1, 0.15) is 55.1 Å². The molecule has 2 rings (SSSR count). The maximum atomic E-state index is 12.8.